The average Bonchev–Trinajstić information content (AvgIpc) is 3.12. The van der Waals surface area contributed by atoms with Crippen LogP contribution in [0.2, 0.25) is 0 Å². The van der Waals surface area contributed by atoms with Crippen molar-refractivity contribution >= 4 is 0 Å². The van der Waals surface area contributed by atoms with Gasteiger partial charge < -0.3 is 9.88 Å². The van der Waals surface area contributed by atoms with E-state index in [1.807, 2.05) is 0 Å². The van der Waals surface area contributed by atoms with Crippen LogP contribution in [0.1, 0.15) is 42.9 Å². The van der Waals surface area contributed by atoms with Gasteiger partial charge in [0.25, 0.3) is 0 Å². The summed E-state index contributed by atoms with van der Waals surface area (Å²) in [4.78, 5) is 0. The molecule has 2 bridgehead atoms. The number of hydrogen-bond acceptors (Lipinski definition) is 3. The molecule has 1 aromatic heterocycles. The predicted octanol–water partition coefficient (Wildman–Crippen LogP) is 1.80. The first-order chi connectivity index (χ1) is 8.83. The summed E-state index contributed by atoms with van der Waals surface area (Å²) >= 11 is 0. The summed E-state index contributed by atoms with van der Waals surface area (Å²) < 4.78 is 2.42. The summed E-state index contributed by atoms with van der Waals surface area (Å²) in [5.74, 6) is 4.46. The van der Waals surface area contributed by atoms with Crippen LogP contribution in [0.3, 0.4) is 0 Å². The second-order valence-corrected chi connectivity index (χ2v) is 6.01. The average molecular weight is 244 g/mol. The number of fused-ring (bicyclic) bond motifs is 2. The molecular formula is C14H20N4. The van der Waals surface area contributed by atoms with E-state index in [2.05, 4.69) is 39.2 Å². The molecule has 18 heavy (non-hydrogen) atoms. The molecule has 4 rings (SSSR count). The highest BCUT2D eigenvalue weighted by Gasteiger charge is 2.40. The first kappa shape index (κ1) is 10.7. The maximum atomic E-state index is 4.51. The van der Waals surface area contributed by atoms with Gasteiger partial charge in [0.05, 0.1) is 6.04 Å². The molecule has 2 fully saturated rings. The number of allylic oxidation sites excluding steroid dienone is 2. The van der Waals surface area contributed by atoms with Crippen molar-refractivity contribution in [3.63, 3.8) is 0 Å². The molecule has 1 aliphatic heterocycles. The zero-order valence-electron chi connectivity index (χ0n) is 10.8. The fourth-order valence-corrected chi connectivity index (χ4v) is 4.03. The Bertz CT molecular complexity index is 484. The Morgan fingerprint density at radius 1 is 1.28 bits per heavy atom. The third-order valence-electron chi connectivity index (χ3n) is 4.90. The maximum Gasteiger partial charge on any atom is 0.137 e. The molecule has 96 valence electrons. The lowest BCUT2D eigenvalue weighted by atomic mass is 9.92. The monoisotopic (exact) mass is 244 g/mol. The zero-order chi connectivity index (χ0) is 12.1. The van der Waals surface area contributed by atoms with Crippen LogP contribution in [-0.4, -0.2) is 27.9 Å². The van der Waals surface area contributed by atoms with E-state index in [0.29, 0.717) is 17.9 Å². The van der Waals surface area contributed by atoms with E-state index in [4.69, 9.17) is 0 Å². The van der Waals surface area contributed by atoms with E-state index >= 15 is 0 Å². The summed E-state index contributed by atoms with van der Waals surface area (Å²) in [6.07, 6.45) is 8.62. The Labute approximate surface area is 107 Å². The number of nitrogens with one attached hydrogen (secondary N) is 1. The van der Waals surface area contributed by atoms with Crippen molar-refractivity contribution in [2.24, 2.45) is 11.8 Å². The van der Waals surface area contributed by atoms with Gasteiger partial charge in [0.2, 0.25) is 0 Å². The third kappa shape index (κ3) is 1.48. The van der Waals surface area contributed by atoms with Crippen molar-refractivity contribution in [3.8, 4) is 0 Å². The SMILES string of the molecule is Cc1nnc(C2CC3C=CC2C3)n1C1CCNC1. The second-order valence-electron chi connectivity index (χ2n) is 6.01. The quantitative estimate of drug-likeness (QED) is 0.807. The van der Waals surface area contributed by atoms with Crippen LogP contribution < -0.4 is 5.32 Å². The highest BCUT2D eigenvalue weighted by molar-refractivity contribution is 5.19. The normalized spacial score (nSPS) is 37.8. The Morgan fingerprint density at radius 2 is 2.22 bits per heavy atom. The molecule has 2 aliphatic carbocycles. The van der Waals surface area contributed by atoms with Crippen molar-refractivity contribution in [2.75, 3.05) is 13.1 Å². The number of nitrogens with zero attached hydrogens (tertiary/aromatic N) is 3. The van der Waals surface area contributed by atoms with Gasteiger partial charge in [-0.2, -0.15) is 0 Å². The molecule has 0 aromatic carbocycles. The summed E-state index contributed by atoms with van der Waals surface area (Å²) in [6, 6.07) is 0.568. The number of hydrogen-bond donors (Lipinski definition) is 1. The lowest BCUT2D eigenvalue weighted by Gasteiger charge is -2.22. The van der Waals surface area contributed by atoms with Gasteiger partial charge in [-0.15, -0.1) is 10.2 Å². The van der Waals surface area contributed by atoms with Gasteiger partial charge >= 0.3 is 0 Å². The molecule has 0 spiro atoms. The second kappa shape index (κ2) is 3.92. The minimum Gasteiger partial charge on any atom is -0.315 e. The van der Waals surface area contributed by atoms with E-state index in [1.165, 1.54) is 25.1 Å². The molecule has 0 amide bonds. The van der Waals surface area contributed by atoms with Gasteiger partial charge in [0.15, 0.2) is 0 Å². The van der Waals surface area contributed by atoms with E-state index in [0.717, 1.165) is 24.8 Å². The number of rotatable bonds is 2. The van der Waals surface area contributed by atoms with Crippen LogP contribution in [0.4, 0.5) is 0 Å². The smallest absolute Gasteiger partial charge is 0.137 e. The van der Waals surface area contributed by atoms with E-state index in [-0.39, 0.29) is 0 Å². The molecule has 4 atom stereocenters. The molecule has 1 saturated carbocycles. The molecule has 1 aromatic rings. The highest BCUT2D eigenvalue weighted by Crippen LogP contribution is 2.48. The Morgan fingerprint density at radius 3 is 2.89 bits per heavy atom. The minimum atomic E-state index is 0.568. The predicted molar refractivity (Wildman–Crippen MR) is 69.4 cm³/mol. The van der Waals surface area contributed by atoms with Crippen LogP contribution in [0.5, 0.6) is 0 Å². The summed E-state index contributed by atoms with van der Waals surface area (Å²) in [5, 5.41) is 12.3. The van der Waals surface area contributed by atoms with Crippen LogP contribution in [0, 0.1) is 18.8 Å². The van der Waals surface area contributed by atoms with Crippen LogP contribution in [0.25, 0.3) is 0 Å². The molecule has 4 nitrogen and oxygen atoms in total. The largest absolute Gasteiger partial charge is 0.315 e. The van der Waals surface area contributed by atoms with Gasteiger partial charge in [-0.1, -0.05) is 12.2 Å². The van der Waals surface area contributed by atoms with Crippen molar-refractivity contribution in [1.29, 1.82) is 0 Å². The fourth-order valence-electron chi connectivity index (χ4n) is 4.03. The van der Waals surface area contributed by atoms with E-state index in [9.17, 15) is 0 Å². The van der Waals surface area contributed by atoms with E-state index < -0.39 is 0 Å². The lowest BCUT2D eigenvalue weighted by molar-refractivity contribution is 0.458. The first-order valence-electron chi connectivity index (χ1n) is 7.13. The summed E-state index contributed by atoms with van der Waals surface area (Å²) in [5.41, 5.74) is 0. The Balaban J connectivity index is 1.70. The van der Waals surface area contributed by atoms with Gasteiger partial charge in [-0.3, -0.25) is 0 Å². The Hall–Kier alpha value is -1.16. The van der Waals surface area contributed by atoms with Gasteiger partial charge in [0, 0.05) is 12.5 Å². The number of aryl methyl sites for hydroxylation is 1. The fraction of sp³-hybridized carbons (Fsp3) is 0.714. The van der Waals surface area contributed by atoms with Crippen LogP contribution in [0.15, 0.2) is 12.2 Å². The molecular weight excluding hydrogens is 224 g/mol. The first-order valence-corrected chi connectivity index (χ1v) is 7.13. The number of aromatic nitrogens is 3. The van der Waals surface area contributed by atoms with Gasteiger partial charge in [-0.25, -0.2) is 0 Å². The minimum absolute atomic E-state index is 0.568. The van der Waals surface area contributed by atoms with Crippen LogP contribution >= 0.6 is 0 Å². The maximum absolute atomic E-state index is 4.51. The zero-order valence-corrected chi connectivity index (χ0v) is 10.8. The molecule has 4 unspecified atom stereocenters. The van der Waals surface area contributed by atoms with Crippen molar-refractivity contribution in [1.82, 2.24) is 20.1 Å². The molecule has 1 N–H and O–H groups in total. The summed E-state index contributed by atoms with van der Waals surface area (Å²) in [7, 11) is 0. The topological polar surface area (TPSA) is 42.7 Å². The molecule has 0 radical (unpaired) electrons. The highest BCUT2D eigenvalue weighted by atomic mass is 15.3. The molecule has 1 saturated heterocycles. The van der Waals surface area contributed by atoms with Crippen LogP contribution in [-0.2, 0) is 0 Å². The van der Waals surface area contributed by atoms with Gasteiger partial charge in [0.1, 0.15) is 11.6 Å². The van der Waals surface area contributed by atoms with Crippen molar-refractivity contribution in [2.45, 2.75) is 38.1 Å². The summed E-state index contributed by atoms with van der Waals surface area (Å²) in [6.45, 7) is 4.29. The van der Waals surface area contributed by atoms with E-state index in [1.54, 1.807) is 0 Å². The third-order valence-corrected chi connectivity index (χ3v) is 4.90. The van der Waals surface area contributed by atoms with Gasteiger partial charge in [-0.05, 0) is 44.6 Å². The molecule has 4 heteroatoms. The Kier molecular flexibility index (Phi) is 2.34. The van der Waals surface area contributed by atoms with Crippen molar-refractivity contribution < 1.29 is 0 Å². The molecule has 2 heterocycles. The standard InChI is InChI=1S/C14H20N4/c1-9-16-17-14(18(9)12-4-5-15-8-12)13-7-10-2-3-11(13)6-10/h2-3,10-13,15H,4-8H2,1H3. The molecule has 3 aliphatic rings. The lowest BCUT2D eigenvalue weighted by Crippen LogP contribution is -2.20. The van der Waals surface area contributed by atoms with Crippen molar-refractivity contribution in [3.05, 3.63) is 23.8 Å².